The van der Waals surface area contributed by atoms with Crippen molar-refractivity contribution < 1.29 is 5.11 Å². The van der Waals surface area contributed by atoms with E-state index < -0.39 is 0 Å². The molecule has 0 atom stereocenters. The Kier molecular flexibility index (Phi) is 1.59. The molecule has 13 heavy (non-hydrogen) atoms. The molecule has 0 spiro atoms. The molecule has 1 aromatic heterocycles. The number of phenols is 1. The molecule has 0 fully saturated rings. The van der Waals surface area contributed by atoms with Gasteiger partial charge < -0.3 is 10.8 Å². The highest BCUT2D eigenvalue weighted by atomic mass is 16.3. The summed E-state index contributed by atoms with van der Waals surface area (Å²) in [6.45, 7) is 1.86. The summed E-state index contributed by atoms with van der Waals surface area (Å²) >= 11 is 0. The first kappa shape index (κ1) is 7.86. The molecule has 2 rings (SSSR count). The highest BCUT2D eigenvalue weighted by Gasteiger charge is 2.06. The van der Waals surface area contributed by atoms with Crippen LogP contribution < -0.4 is 5.73 Å². The quantitative estimate of drug-likeness (QED) is 0.473. The molecule has 0 amide bonds. The van der Waals surface area contributed by atoms with E-state index in [4.69, 9.17) is 5.73 Å². The van der Waals surface area contributed by atoms with Gasteiger partial charge in [-0.25, -0.2) is 0 Å². The second kappa shape index (κ2) is 2.62. The third-order valence-electron chi connectivity index (χ3n) is 2.12. The highest BCUT2D eigenvalue weighted by molar-refractivity contribution is 5.95. The molecule has 3 heteroatoms. The van der Waals surface area contributed by atoms with E-state index in [1.54, 1.807) is 18.3 Å². The number of aromatic hydroxyl groups is 1. The van der Waals surface area contributed by atoms with Gasteiger partial charge in [0.25, 0.3) is 0 Å². The van der Waals surface area contributed by atoms with Crippen LogP contribution in [-0.4, -0.2) is 10.1 Å². The van der Waals surface area contributed by atoms with Gasteiger partial charge in [0.2, 0.25) is 0 Å². The Morgan fingerprint density at radius 3 is 3.00 bits per heavy atom. The number of benzene rings is 1. The number of hydrogen-bond donors (Lipinski definition) is 2. The van der Waals surface area contributed by atoms with Crippen LogP contribution in [0.25, 0.3) is 10.9 Å². The maximum absolute atomic E-state index is 9.56. The van der Waals surface area contributed by atoms with Gasteiger partial charge in [-0.1, -0.05) is 0 Å². The van der Waals surface area contributed by atoms with Gasteiger partial charge in [-0.15, -0.1) is 0 Å². The zero-order valence-electron chi connectivity index (χ0n) is 7.28. The van der Waals surface area contributed by atoms with Crippen LogP contribution in [0.3, 0.4) is 0 Å². The Hall–Kier alpha value is -1.77. The minimum absolute atomic E-state index is 0.183. The van der Waals surface area contributed by atoms with Crippen molar-refractivity contribution in [1.82, 2.24) is 4.98 Å². The fourth-order valence-electron chi connectivity index (χ4n) is 1.39. The molecular formula is C10H10N2O. The van der Waals surface area contributed by atoms with Gasteiger partial charge in [-0.05, 0) is 30.7 Å². The number of nitrogen functional groups attached to an aromatic ring is 1. The minimum atomic E-state index is 0.183. The van der Waals surface area contributed by atoms with Crippen LogP contribution in [-0.2, 0) is 0 Å². The molecule has 0 radical (unpaired) electrons. The number of rotatable bonds is 0. The molecule has 0 aliphatic rings. The maximum Gasteiger partial charge on any atom is 0.142 e. The molecule has 2 aromatic rings. The Labute approximate surface area is 75.8 Å². The van der Waals surface area contributed by atoms with Crippen LogP contribution in [0.1, 0.15) is 5.56 Å². The predicted molar refractivity (Wildman–Crippen MR) is 52.6 cm³/mol. The number of fused-ring (bicyclic) bond motifs is 1. The summed E-state index contributed by atoms with van der Waals surface area (Å²) in [7, 11) is 0. The summed E-state index contributed by atoms with van der Waals surface area (Å²) in [6.07, 6.45) is 1.64. The lowest BCUT2D eigenvalue weighted by molar-refractivity contribution is 0.480. The summed E-state index contributed by atoms with van der Waals surface area (Å²) in [5, 5.41) is 10.4. The average molecular weight is 174 g/mol. The molecule has 0 bridgehead atoms. The molecule has 3 nitrogen and oxygen atoms in total. The van der Waals surface area contributed by atoms with Crippen molar-refractivity contribution >= 4 is 16.6 Å². The smallest absolute Gasteiger partial charge is 0.142 e. The highest BCUT2D eigenvalue weighted by Crippen LogP contribution is 2.29. The summed E-state index contributed by atoms with van der Waals surface area (Å²) in [5.41, 5.74) is 7.95. The lowest BCUT2D eigenvalue weighted by Crippen LogP contribution is -1.92. The third-order valence-corrected chi connectivity index (χ3v) is 2.12. The largest absolute Gasteiger partial charge is 0.506 e. The molecular weight excluding hydrogens is 164 g/mol. The number of anilines is 1. The first-order valence-electron chi connectivity index (χ1n) is 4.03. The lowest BCUT2D eigenvalue weighted by atomic mass is 10.1. The molecule has 1 aromatic carbocycles. The number of phenolic OH excluding ortho intramolecular Hbond substituents is 1. The molecule has 3 N–H and O–H groups in total. The van der Waals surface area contributed by atoms with Crippen LogP contribution in [0, 0.1) is 6.92 Å². The molecule has 66 valence electrons. The Morgan fingerprint density at radius 1 is 1.46 bits per heavy atom. The van der Waals surface area contributed by atoms with Crippen molar-refractivity contribution in [1.29, 1.82) is 0 Å². The van der Waals surface area contributed by atoms with Crippen molar-refractivity contribution in [2.24, 2.45) is 0 Å². The number of nitrogens with two attached hydrogens (primary N) is 1. The number of hydrogen-bond acceptors (Lipinski definition) is 3. The standard InChI is InChI=1S/C10H10N2O/c1-6-5-8(13)10-7(9(6)11)3-2-4-12-10/h2-5,13H,11H2,1H3. The van der Waals surface area contributed by atoms with E-state index in [-0.39, 0.29) is 5.75 Å². The maximum atomic E-state index is 9.56. The van der Waals surface area contributed by atoms with Crippen molar-refractivity contribution in [2.75, 3.05) is 5.73 Å². The second-order valence-corrected chi connectivity index (χ2v) is 3.03. The Balaban J connectivity index is 2.97. The van der Waals surface area contributed by atoms with Gasteiger partial charge in [0.1, 0.15) is 11.3 Å². The van der Waals surface area contributed by atoms with Crippen molar-refractivity contribution in [2.45, 2.75) is 6.92 Å². The van der Waals surface area contributed by atoms with Crippen LogP contribution >= 0.6 is 0 Å². The molecule has 0 saturated heterocycles. The molecule has 0 unspecified atom stereocenters. The van der Waals surface area contributed by atoms with Crippen LogP contribution in [0.2, 0.25) is 0 Å². The topological polar surface area (TPSA) is 59.1 Å². The summed E-state index contributed by atoms with van der Waals surface area (Å²) in [4.78, 5) is 4.05. The van der Waals surface area contributed by atoms with Crippen LogP contribution in [0.4, 0.5) is 5.69 Å². The number of nitrogens with zero attached hydrogens (tertiary/aromatic N) is 1. The molecule has 0 aliphatic heterocycles. The fourth-order valence-corrected chi connectivity index (χ4v) is 1.39. The van der Waals surface area contributed by atoms with Gasteiger partial charge in [-0.3, -0.25) is 4.98 Å². The monoisotopic (exact) mass is 174 g/mol. The fraction of sp³-hybridized carbons (Fsp3) is 0.100. The molecule has 0 aliphatic carbocycles. The van der Waals surface area contributed by atoms with E-state index in [1.165, 1.54) is 0 Å². The SMILES string of the molecule is Cc1cc(O)c2ncccc2c1N. The van der Waals surface area contributed by atoms with E-state index in [0.717, 1.165) is 10.9 Å². The van der Waals surface area contributed by atoms with Gasteiger partial charge in [0.15, 0.2) is 0 Å². The zero-order chi connectivity index (χ0) is 9.42. The van der Waals surface area contributed by atoms with Crippen LogP contribution in [0.15, 0.2) is 24.4 Å². The summed E-state index contributed by atoms with van der Waals surface area (Å²) in [5.74, 6) is 0.183. The Bertz CT molecular complexity index is 466. The first-order chi connectivity index (χ1) is 6.20. The van der Waals surface area contributed by atoms with E-state index in [9.17, 15) is 5.11 Å². The van der Waals surface area contributed by atoms with Crippen LogP contribution in [0.5, 0.6) is 5.75 Å². The molecule has 0 saturated carbocycles. The lowest BCUT2D eigenvalue weighted by Gasteiger charge is -2.06. The van der Waals surface area contributed by atoms with Crippen molar-refractivity contribution in [3.8, 4) is 5.75 Å². The summed E-state index contributed by atoms with van der Waals surface area (Å²) in [6, 6.07) is 5.28. The number of aromatic nitrogens is 1. The van der Waals surface area contributed by atoms with Crippen molar-refractivity contribution in [3.05, 3.63) is 30.0 Å². The minimum Gasteiger partial charge on any atom is -0.506 e. The first-order valence-corrected chi connectivity index (χ1v) is 4.03. The predicted octanol–water partition coefficient (Wildman–Crippen LogP) is 1.83. The number of aryl methyl sites for hydroxylation is 1. The Morgan fingerprint density at radius 2 is 2.23 bits per heavy atom. The van der Waals surface area contributed by atoms with E-state index in [1.807, 2.05) is 13.0 Å². The van der Waals surface area contributed by atoms with Gasteiger partial charge in [0, 0.05) is 17.3 Å². The van der Waals surface area contributed by atoms with E-state index in [2.05, 4.69) is 4.98 Å². The van der Waals surface area contributed by atoms with E-state index >= 15 is 0 Å². The number of pyridine rings is 1. The van der Waals surface area contributed by atoms with Gasteiger partial charge in [0.05, 0.1) is 0 Å². The summed E-state index contributed by atoms with van der Waals surface area (Å²) < 4.78 is 0. The second-order valence-electron chi connectivity index (χ2n) is 3.03. The van der Waals surface area contributed by atoms with Crippen molar-refractivity contribution in [3.63, 3.8) is 0 Å². The zero-order valence-corrected chi connectivity index (χ0v) is 7.28. The van der Waals surface area contributed by atoms with Gasteiger partial charge in [-0.2, -0.15) is 0 Å². The third kappa shape index (κ3) is 1.09. The molecule has 1 heterocycles. The normalized spacial score (nSPS) is 10.5. The van der Waals surface area contributed by atoms with E-state index in [0.29, 0.717) is 11.2 Å². The van der Waals surface area contributed by atoms with Gasteiger partial charge >= 0.3 is 0 Å². The average Bonchev–Trinajstić information content (AvgIpc) is 2.15.